The first-order chi connectivity index (χ1) is 11.6. The maximum Gasteiger partial charge on any atom is 0.269 e. The number of rotatable bonds is 5. The van der Waals surface area contributed by atoms with Gasteiger partial charge in [0, 0.05) is 35.8 Å². The second-order valence-electron chi connectivity index (χ2n) is 4.73. The molecule has 0 aliphatic heterocycles. The topological polar surface area (TPSA) is 129 Å². The summed E-state index contributed by atoms with van der Waals surface area (Å²) in [4.78, 5) is 27.1. The number of nitrogens with zero attached hydrogens (tertiary/aromatic N) is 6. The number of tetrazole rings is 1. The highest BCUT2D eigenvalue weighted by Crippen LogP contribution is 2.15. The van der Waals surface area contributed by atoms with Gasteiger partial charge in [-0.2, -0.15) is 4.80 Å². The quantitative estimate of drug-likeness (QED) is 0.552. The zero-order valence-corrected chi connectivity index (χ0v) is 12.2. The lowest BCUT2D eigenvalue weighted by Crippen LogP contribution is -2.20. The molecule has 2 heterocycles. The Morgan fingerprint density at radius 2 is 1.88 bits per heavy atom. The average Bonchev–Trinajstić information content (AvgIpc) is 3.04. The molecule has 0 radical (unpaired) electrons. The van der Waals surface area contributed by atoms with E-state index in [1.807, 2.05) is 0 Å². The summed E-state index contributed by atoms with van der Waals surface area (Å²) in [7, 11) is 0. The predicted molar refractivity (Wildman–Crippen MR) is 82.8 cm³/mol. The maximum atomic E-state index is 12.0. The van der Waals surface area contributed by atoms with Crippen molar-refractivity contribution in [1.82, 2.24) is 25.2 Å². The number of pyridine rings is 1. The molecule has 0 unspecified atom stereocenters. The number of nitro benzene ring substituents is 1. The molecular weight excluding hydrogens is 314 g/mol. The summed E-state index contributed by atoms with van der Waals surface area (Å²) in [6.45, 7) is -0.130. The zero-order chi connectivity index (χ0) is 16.9. The van der Waals surface area contributed by atoms with Crippen molar-refractivity contribution in [2.45, 2.75) is 6.54 Å². The fraction of sp³-hybridized carbons (Fsp3) is 0.0714. The van der Waals surface area contributed by atoms with Gasteiger partial charge in [0.2, 0.25) is 11.7 Å². The lowest BCUT2D eigenvalue weighted by molar-refractivity contribution is -0.384. The molecule has 3 aromatic rings. The summed E-state index contributed by atoms with van der Waals surface area (Å²) < 4.78 is 0. The van der Waals surface area contributed by atoms with E-state index in [1.165, 1.54) is 24.3 Å². The molecule has 0 saturated heterocycles. The van der Waals surface area contributed by atoms with Gasteiger partial charge < -0.3 is 5.32 Å². The molecule has 0 bridgehead atoms. The second kappa shape index (κ2) is 6.60. The maximum absolute atomic E-state index is 12.0. The van der Waals surface area contributed by atoms with E-state index in [1.54, 1.807) is 24.5 Å². The van der Waals surface area contributed by atoms with Gasteiger partial charge in [-0.3, -0.25) is 19.9 Å². The molecule has 3 rings (SSSR count). The molecule has 1 amide bonds. The van der Waals surface area contributed by atoms with Gasteiger partial charge >= 0.3 is 0 Å². The van der Waals surface area contributed by atoms with E-state index in [0.29, 0.717) is 11.5 Å². The lowest BCUT2D eigenvalue weighted by Gasteiger charge is -2.03. The van der Waals surface area contributed by atoms with Crippen molar-refractivity contribution in [2.24, 2.45) is 0 Å². The van der Waals surface area contributed by atoms with Crippen LogP contribution in [0.25, 0.3) is 11.4 Å². The van der Waals surface area contributed by atoms with Crippen LogP contribution in [0.2, 0.25) is 0 Å². The van der Waals surface area contributed by atoms with E-state index in [4.69, 9.17) is 0 Å². The number of anilines is 1. The van der Waals surface area contributed by atoms with Crippen LogP contribution in [0.3, 0.4) is 0 Å². The van der Waals surface area contributed by atoms with Gasteiger partial charge in [0.1, 0.15) is 6.54 Å². The van der Waals surface area contributed by atoms with E-state index in [0.717, 1.165) is 10.4 Å². The number of nitro groups is 1. The first kappa shape index (κ1) is 15.2. The minimum absolute atomic E-state index is 0.0482. The van der Waals surface area contributed by atoms with Crippen molar-refractivity contribution < 1.29 is 9.72 Å². The first-order valence-corrected chi connectivity index (χ1v) is 6.84. The molecule has 0 aliphatic carbocycles. The molecule has 0 aliphatic rings. The van der Waals surface area contributed by atoms with Gasteiger partial charge in [-0.25, -0.2) is 0 Å². The third-order valence-electron chi connectivity index (χ3n) is 3.04. The minimum Gasteiger partial charge on any atom is -0.324 e. The summed E-state index contributed by atoms with van der Waals surface area (Å²) in [6, 6.07) is 8.99. The van der Waals surface area contributed by atoms with E-state index in [2.05, 4.69) is 25.7 Å². The summed E-state index contributed by atoms with van der Waals surface area (Å²) in [5, 5.41) is 25.0. The summed E-state index contributed by atoms with van der Waals surface area (Å²) in [5.74, 6) is 0.0167. The Morgan fingerprint density at radius 1 is 1.17 bits per heavy atom. The number of hydrogen-bond acceptors (Lipinski definition) is 7. The van der Waals surface area contributed by atoms with Gasteiger partial charge in [0.15, 0.2) is 0 Å². The Hall–Kier alpha value is -3.69. The van der Waals surface area contributed by atoms with Crippen molar-refractivity contribution in [3.05, 3.63) is 58.9 Å². The Morgan fingerprint density at radius 3 is 2.54 bits per heavy atom. The smallest absolute Gasteiger partial charge is 0.269 e. The number of carbonyl (C=O) groups is 1. The number of nitrogens with one attached hydrogen (secondary N) is 1. The third kappa shape index (κ3) is 3.55. The van der Waals surface area contributed by atoms with Crippen molar-refractivity contribution in [3.8, 4) is 11.4 Å². The van der Waals surface area contributed by atoms with Crippen molar-refractivity contribution >= 4 is 17.3 Å². The fourth-order valence-electron chi connectivity index (χ4n) is 1.92. The number of aromatic nitrogens is 5. The van der Waals surface area contributed by atoms with Crippen LogP contribution in [0.1, 0.15) is 0 Å². The van der Waals surface area contributed by atoms with Gasteiger partial charge in [-0.1, -0.05) is 0 Å². The minimum atomic E-state index is -0.508. The Kier molecular flexibility index (Phi) is 4.19. The number of carbonyl (C=O) groups excluding carboxylic acids is 1. The number of non-ortho nitro benzene ring substituents is 1. The number of benzene rings is 1. The van der Waals surface area contributed by atoms with Crippen molar-refractivity contribution in [3.63, 3.8) is 0 Å². The Bertz CT molecular complexity index is 862. The van der Waals surface area contributed by atoms with Crippen LogP contribution in [0.15, 0.2) is 48.8 Å². The molecule has 10 heteroatoms. The molecule has 1 N–H and O–H groups in total. The lowest BCUT2D eigenvalue weighted by atomic mass is 10.3. The molecule has 24 heavy (non-hydrogen) atoms. The Balaban J connectivity index is 1.63. The number of amides is 1. The molecular formula is C14H11N7O3. The van der Waals surface area contributed by atoms with Gasteiger partial charge in [0.05, 0.1) is 4.92 Å². The SMILES string of the molecule is O=C(Cn1nnc(-c2ccncc2)n1)Nc1ccc([N+](=O)[O-])cc1. The highest BCUT2D eigenvalue weighted by atomic mass is 16.6. The Labute approximate surface area is 135 Å². The normalized spacial score (nSPS) is 10.3. The largest absolute Gasteiger partial charge is 0.324 e. The van der Waals surface area contributed by atoms with E-state index in [-0.39, 0.29) is 18.1 Å². The standard InChI is InChI=1S/C14H11N7O3/c22-13(16-11-1-3-12(4-2-11)21(23)24)9-20-18-14(17-19-20)10-5-7-15-8-6-10/h1-8H,9H2,(H,16,22). The van der Waals surface area contributed by atoms with Crippen LogP contribution in [0.4, 0.5) is 11.4 Å². The molecule has 0 atom stereocenters. The monoisotopic (exact) mass is 325 g/mol. The number of hydrogen-bond donors (Lipinski definition) is 1. The third-order valence-corrected chi connectivity index (χ3v) is 3.04. The molecule has 1 aromatic carbocycles. The summed E-state index contributed by atoms with van der Waals surface area (Å²) in [6.07, 6.45) is 3.22. The molecule has 10 nitrogen and oxygen atoms in total. The van der Waals surface area contributed by atoms with Gasteiger partial charge in [0.25, 0.3) is 5.69 Å². The van der Waals surface area contributed by atoms with Crippen LogP contribution in [0, 0.1) is 10.1 Å². The van der Waals surface area contributed by atoms with E-state index < -0.39 is 4.92 Å². The van der Waals surface area contributed by atoms with Crippen molar-refractivity contribution in [2.75, 3.05) is 5.32 Å². The summed E-state index contributed by atoms with van der Waals surface area (Å²) >= 11 is 0. The molecule has 0 fully saturated rings. The average molecular weight is 325 g/mol. The summed E-state index contributed by atoms with van der Waals surface area (Å²) in [5.41, 5.74) is 1.14. The molecule has 0 spiro atoms. The molecule has 2 aromatic heterocycles. The predicted octanol–water partition coefficient (Wildman–Crippen LogP) is 1.28. The van der Waals surface area contributed by atoms with Crippen molar-refractivity contribution in [1.29, 1.82) is 0 Å². The molecule has 120 valence electrons. The van der Waals surface area contributed by atoms with Gasteiger partial charge in [-0.05, 0) is 29.5 Å². The van der Waals surface area contributed by atoms with E-state index in [9.17, 15) is 14.9 Å². The first-order valence-electron chi connectivity index (χ1n) is 6.84. The highest BCUT2D eigenvalue weighted by molar-refractivity contribution is 5.90. The zero-order valence-electron chi connectivity index (χ0n) is 12.2. The second-order valence-corrected chi connectivity index (χ2v) is 4.73. The van der Waals surface area contributed by atoms with Crippen LogP contribution in [0.5, 0.6) is 0 Å². The van der Waals surface area contributed by atoms with Crippen LogP contribution in [-0.2, 0) is 11.3 Å². The van der Waals surface area contributed by atoms with Crippen LogP contribution >= 0.6 is 0 Å². The molecule has 0 saturated carbocycles. The van der Waals surface area contributed by atoms with Crippen LogP contribution < -0.4 is 5.32 Å². The van der Waals surface area contributed by atoms with Gasteiger partial charge in [-0.15, -0.1) is 10.2 Å². The fourth-order valence-corrected chi connectivity index (χ4v) is 1.92. The highest BCUT2D eigenvalue weighted by Gasteiger charge is 2.10. The van der Waals surface area contributed by atoms with E-state index >= 15 is 0 Å². The van der Waals surface area contributed by atoms with Crippen LogP contribution in [-0.4, -0.2) is 36.0 Å².